The van der Waals surface area contributed by atoms with Gasteiger partial charge in [0.1, 0.15) is 5.82 Å². The van der Waals surface area contributed by atoms with Gasteiger partial charge in [0.2, 0.25) is 5.91 Å². The molecule has 3 heterocycles. The number of hydrogen-bond donors (Lipinski definition) is 1. The highest BCUT2D eigenvalue weighted by Gasteiger charge is 2.23. The van der Waals surface area contributed by atoms with E-state index in [9.17, 15) is 22.8 Å². The van der Waals surface area contributed by atoms with Crippen molar-refractivity contribution in [1.82, 2.24) is 14.5 Å². The number of pyridine rings is 2. The van der Waals surface area contributed by atoms with Crippen molar-refractivity contribution >= 4 is 28.2 Å². The van der Waals surface area contributed by atoms with Crippen LogP contribution in [-0.2, 0) is 11.8 Å². The van der Waals surface area contributed by atoms with Crippen molar-refractivity contribution < 1.29 is 22.4 Å². The van der Waals surface area contributed by atoms with Crippen molar-refractivity contribution in [2.45, 2.75) is 33.2 Å². The number of carbonyl (C=O) groups excluding carboxylic acids is 1. The van der Waals surface area contributed by atoms with E-state index in [1.807, 2.05) is 13.0 Å². The Morgan fingerprint density at radius 1 is 0.976 bits per heavy atom. The number of benzene rings is 2. The number of aromatic nitrogens is 2. The molecule has 1 aliphatic heterocycles. The van der Waals surface area contributed by atoms with Crippen LogP contribution in [0.4, 0.5) is 29.1 Å². The maximum Gasteiger partial charge on any atom is 0.265 e. The number of carbonyl (C=O) groups is 1. The van der Waals surface area contributed by atoms with Gasteiger partial charge in [-0.2, -0.15) is 0 Å². The molecular formula is C31H31F4N5O2. The molecule has 220 valence electrons. The molecule has 42 heavy (non-hydrogen) atoms. The summed E-state index contributed by atoms with van der Waals surface area (Å²) in [4.78, 5) is 33.0. The highest BCUT2D eigenvalue weighted by Crippen LogP contribution is 2.34. The molecule has 2 aromatic carbocycles. The van der Waals surface area contributed by atoms with Gasteiger partial charge in [-0.1, -0.05) is 6.07 Å². The first-order valence-electron chi connectivity index (χ1n) is 13.6. The number of nitrogens with one attached hydrogen (secondary N) is 1. The molecule has 11 heteroatoms. The lowest BCUT2D eigenvalue weighted by Gasteiger charge is -2.35. The van der Waals surface area contributed by atoms with E-state index in [0.717, 1.165) is 17.7 Å². The van der Waals surface area contributed by atoms with Gasteiger partial charge >= 0.3 is 0 Å². The van der Waals surface area contributed by atoms with E-state index in [-0.39, 0.29) is 23.0 Å². The summed E-state index contributed by atoms with van der Waals surface area (Å²) in [6, 6.07) is 9.36. The quantitative estimate of drug-likeness (QED) is 0.285. The number of piperazine rings is 1. The monoisotopic (exact) mass is 581 g/mol. The predicted molar refractivity (Wildman–Crippen MR) is 155 cm³/mol. The second-order valence-electron chi connectivity index (χ2n) is 10.6. The van der Waals surface area contributed by atoms with Crippen LogP contribution in [0.1, 0.15) is 43.0 Å². The van der Waals surface area contributed by atoms with Gasteiger partial charge in [-0.05, 0) is 66.8 Å². The summed E-state index contributed by atoms with van der Waals surface area (Å²) in [6.45, 7) is 6.96. The SMILES string of the molecule is CC(=O)N1CCN(c2ncc(-c3cc4c([C@@H](C)Nc5ccc(F)cc5C(F)F)cc(C)cc4c(=O)n3C)cc2F)CC1. The van der Waals surface area contributed by atoms with E-state index in [2.05, 4.69) is 10.3 Å². The minimum atomic E-state index is -2.88. The number of alkyl halides is 2. The van der Waals surface area contributed by atoms with E-state index < -0.39 is 29.7 Å². The van der Waals surface area contributed by atoms with E-state index in [4.69, 9.17) is 0 Å². The summed E-state index contributed by atoms with van der Waals surface area (Å²) in [6.07, 6.45) is -1.37. The molecule has 1 amide bonds. The average molecular weight is 582 g/mol. The number of nitrogens with zero attached hydrogens (tertiary/aromatic N) is 4. The third kappa shape index (κ3) is 5.55. The molecule has 0 unspecified atom stereocenters. The van der Waals surface area contributed by atoms with Crippen LogP contribution in [0, 0.1) is 18.6 Å². The van der Waals surface area contributed by atoms with Crippen LogP contribution in [0.2, 0.25) is 0 Å². The van der Waals surface area contributed by atoms with Crippen LogP contribution >= 0.6 is 0 Å². The number of halogens is 4. The van der Waals surface area contributed by atoms with Crippen LogP contribution < -0.4 is 15.8 Å². The highest BCUT2D eigenvalue weighted by atomic mass is 19.3. The first-order chi connectivity index (χ1) is 19.9. The standard InChI is InChI=1S/C31H31F4N5O2/c1-17-11-22(18(2)37-27-6-5-21(32)14-25(27)29(34)35)23-15-28(38(4)31(42)24(23)12-17)20-13-26(33)30(36-16-20)40-9-7-39(8-10-40)19(3)41/h5-6,11-16,18,29,37H,7-10H2,1-4H3/t18-/m1/s1. The summed E-state index contributed by atoms with van der Waals surface area (Å²) >= 11 is 0. The summed E-state index contributed by atoms with van der Waals surface area (Å²) in [5, 5.41) is 4.05. The van der Waals surface area contributed by atoms with E-state index in [0.29, 0.717) is 53.8 Å². The van der Waals surface area contributed by atoms with Crippen LogP contribution in [0.5, 0.6) is 0 Å². The second kappa shape index (κ2) is 11.5. The van der Waals surface area contributed by atoms with E-state index in [1.165, 1.54) is 29.8 Å². The topological polar surface area (TPSA) is 70.5 Å². The molecular weight excluding hydrogens is 550 g/mol. The van der Waals surface area contributed by atoms with Crippen molar-refractivity contribution in [2.24, 2.45) is 7.05 Å². The summed E-state index contributed by atoms with van der Waals surface area (Å²) in [7, 11) is 1.60. The molecule has 2 aromatic heterocycles. The Labute approximate surface area is 240 Å². The maximum absolute atomic E-state index is 15.4. The normalized spacial score (nSPS) is 14.5. The second-order valence-corrected chi connectivity index (χ2v) is 10.6. The Balaban J connectivity index is 1.53. The van der Waals surface area contributed by atoms with Crippen LogP contribution in [0.3, 0.4) is 0 Å². The predicted octanol–water partition coefficient (Wildman–Crippen LogP) is 5.97. The molecule has 0 bridgehead atoms. The minimum absolute atomic E-state index is 0.0261. The van der Waals surface area contributed by atoms with E-state index >= 15 is 4.39 Å². The van der Waals surface area contributed by atoms with Gasteiger partial charge in [0, 0.05) is 74.6 Å². The van der Waals surface area contributed by atoms with Gasteiger partial charge in [-0.15, -0.1) is 0 Å². The van der Waals surface area contributed by atoms with Gasteiger partial charge in [-0.3, -0.25) is 9.59 Å². The summed E-state index contributed by atoms with van der Waals surface area (Å²) < 4.78 is 57.8. The fourth-order valence-electron chi connectivity index (χ4n) is 5.52. The number of rotatable bonds is 6. The number of hydrogen-bond acceptors (Lipinski definition) is 5. The zero-order valence-corrected chi connectivity index (χ0v) is 23.7. The molecule has 1 saturated heterocycles. The first kappa shape index (κ1) is 29.1. The molecule has 0 spiro atoms. The zero-order chi connectivity index (χ0) is 30.3. The van der Waals surface area contributed by atoms with Crippen molar-refractivity contribution in [2.75, 3.05) is 36.4 Å². The van der Waals surface area contributed by atoms with Crippen molar-refractivity contribution in [1.29, 1.82) is 0 Å². The maximum atomic E-state index is 15.4. The lowest BCUT2D eigenvalue weighted by Crippen LogP contribution is -2.48. The van der Waals surface area contributed by atoms with Gasteiger partial charge in [0.15, 0.2) is 11.6 Å². The Morgan fingerprint density at radius 2 is 1.69 bits per heavy atom. The van der Waals surface area contributed by atoms with Gasteiger partial charge in [0.25, 0.3) is 12.0 Å². The van der Waals surface area contributed by atoms with Crippen LogP contribution in [0.15, 0.2) is 53.5 Å². The Kier molecular flexibility index (Phi) is 7.94. The third-order valence-electron chi connectivity index (χ3n) is 7.76. The molecule has 7 nitrogen and oxygen atoms in total. The Morgan fingerprint density at radius 3 is 2.33 bits per heavy atom. The molecule has 0 aliphatic carbocycles. The molecule has 1 atom stereocenters. The van der Waals surface area contributed by atoms with Crippen LogP contribution in [-0.4, -0.2) is 46.5 Å². The number of aryl methyl sites for hydroxylation is 1. The Hall–Kier alpha value is -4.41. The number of fused-ring (bicyclic) bond motifs is 1. The molecule has 0 saturated carbocycles. The number of anilines is 2. The fourth-order valence-corrected chi connectivity index (χ4v) is 5.52. The molecule has 0 radical (unpaired) electrons. The first-order valence-corrected chi connectivity index (χ1v) is 13.6. The average Bonchev–Trinajstić information content (AvgIpc) is 2.95. The Bertz CT molecular complexity index is 1730. The lowest BCUT2D eigenvalue weighted by molar-refractivity contribution is -0.129. The van der Waals surface area contributed by atoms with Crippen molar-refractivity contribution in [3.05, 3.63) is 87.3 Å². The fraction of sp³-hybridized carbons (Fsp3) is 0.323. The van der Waals surface area contributed by atoms with Gasteiger partial charge in [-0.25, -0.2) is 22.5 Å². The van der Waals surface area contributed by atoms with Crippen LogP contribution in [0.25, 0.3) is 22.0 Å². The highest BCUT2D eigenvalue weighted by molar-refractivity contribution is 5.89. The lowest BCUT2D eigenvalue weighted by atomic mass is 9.96. The zero-order valence-electron chi connectivity index (χ0n) is 23.7. The number of amides is 1. The molecule has 5 rings (SSSR count). The minimum Gasteiger partial charge on any atom is -0.378 e. The third-order valence-corrected chi connectivity index (χ3v) is 7.76. The smallest absolute Gasteiger partial charge is 0.265 e. The molecule has 1 aliphatic rings. The molecule has 4 aromatic rings. The molecule has 1 fully saturated rings. The van der Waals surface area contributed by atoms with Crippen molar-refractivity contribution in [3.63, 3.8) is 0 Å². The van der Waals surface area contributed by atoms with E-state index in [1.54, 1.807) is 35.9 Å². The largest absolute Gasteiger partial charge is 0.378 e. The van der Waals surface area contributed by atoms with Gasteiger partial charge < -0.3 is 19.7 Å². The summed E-state index contributed by atoms with van der Waals surface area (Å²) in [5.41, 5.74) is 1.61. The summed E-state index contributed by atoms with van der Waals surface area (Å²) in [5.74, 6) is -1.16. The molecule has 1 N–H and O–H groups in total. The van der Waals surface area contributed by atoms with Crippen molar-refractivity contribution in [3.8, 4) is 11.3 Å². The van der Waals surface area contributed by atoms with Gasteiger partial charge in [0.05, 0.1) is 5.69 Å².